The van der Waals surface area contributed by atoms with Gasteiger partial charge >= 0.3 is 0 Å². The highest BCUT2D eigenvalue weighted by molar-refractivity contribution is 4.66. The monoisotopic (exact) mass is 214 g/mol. The highest BCUT2D eigenvalue weighted by atomic mass is 16.5. The maximum absolute atomic E-state index is 5.60. The number of ether oxygens (including phenoxy) is 1. The Labute approximate surface area is 94.2 Å². The summed E-state index contributed by atoms with van der Waals surface area (Å²) in [4.78, 5) is 2.39. The maximum atomic E-state index is 5.60. The molecule has 1 atom stereocenters. The zero-order chi connectivity index (χ0) is 10.9. The molecule has 0 saturated carbocycles. The Kier molecular flexibility index (Phi) is 6.98. The molecule has 1 heterocycles. The predicted octanol–water partition coefficient (Wildman–Crippen LogP) is 1.49. The van der Waals surface area contributed by atoms with Crippen LogP contribution in [0.15, 0.2) is 0 Å². The molecular formula is C12H26N2O. The first kappa shape index (κ1) is 12.9. The first-order valence-electron chi connectivity index (χ1n) is 6.33. The lowest BCUT2D eigenvalue weighted by atomic mass is 10.2. The van der Waals surface area contributed by atoms with Crippen LogP contribution in [0.1, 0.15) is 32.6 Å². The van der Waals surface area contributed by atoms with Crippen LogP contribution in [0.3, 0.4) is 0 Å². The van der Waals surface area contributed by atoms with E-state index in [0.29, 0.717) is 6.10 Å². The summed E-state index contributed by atoms with van der Waals surface area (Å²) in [5, 5.41) is 3.42. The van der Waals surface area contributed by atoms with Gasteiger partial charge in [0.15, 0.2) is 0 Å². The second kappa shape index (κ2) is 8.08. The first-order valence-corrected chi connectivity index (χ1v) is 6.33. The zero-order valence-electron chi connectivity index (χ0n) is 10.3. The highest BCUT2D eigenvalue weighted by Gasteiger charge is 2.15. The van der Waals surface area contributed by atoms with E-state index in [9.17, 15) is 0 Å². The van der Waals surface area contributed by atoms with Crippen molar-refractivity contribution >= 4 is 0 Å². The number of hydrogen-bond acceptors (Lipinski definition) is 3. The Balaban J connectivity index is 1.90. The molecule has 1 aliphatic rings. The van der Waals surface area contributed by atoms with Crippen LogP contribution in [-0.2, 0) is 4.74 Å². The molecule has 0 aromatic heterocycles. The lowest BCUT2D eigenvalue weighted by Crippen LogP contribution is -2.31. The molecule has 3 heteroatoms. The highest BCUT2D eigenvalue weighted by Crippen LogP contribution is 2.15. The molecule has 0 bridgehead atoms. The summed E-state index contributed by atoms with van der Waals surface area (Å²) in [7, 11) is 2.20. The summed E-state index contributed by atoms with van der Waals surface area (Å²) >= 11 is 0. The fourth-order valence-electron chi connectivity index (χ4n) is 1.92. The van der Waals surface area contributed by atoms with Crippen molar-refractivity contribution < 1.29 is 4.74 Å². The average Bonchev–Trinajstić information content (AvgIpc) is 2.74. The van der Waals surface area contributed by atoms with Crippen molar-refractivity contribution in [2.75, 3.05) is 39.8 Å². The quantitative estimate of drug-likeness (QED) is 0.620. The molecule has 1 saturated heterocycles. The van der Waals surface area contributed by atoms with Crippen LogP contribution in [0.5, 0.6) is 0 Å². The molecule has 1 aliphatic heterocycles. The molecule has 15 heavy (non-hydrogen) atoms. The third-order valence-electron chi connectivity index (χ3n) is 2.95. The van der Waals surface area contributed by atoms with Gasteiger partial charge in [0, 0.05) is 26.2 Å². The summed E-state index contributed by atoms with van der Waals surface area (Å²) < 4.78 is 5.60. The van der Waals surface area contributed by atoms with E-state index in [-0.39, 0.29) is 0 Å². The van der Waals surface area contributed by atoms with Crippen molar-refractivity contribution in [3.05, 3.63) is 0 Å². The third-order valence-corrected chi connectivity index (χ3v) is 2.95. The number of nitrogens with zero attached hydrogens (tertiary/aromatic N) is 1. The number of likely N-dealkylation sites (N-methyl/N-ethyl adjacent to an activating group) is 1. The molecular weight excluding hydrogens is 188 g/mol. The van der Waals surface area contributed by atoms with E-state index in [1.807, 2.05) is 0 Å². The fourth-order valence-corrected chi connectivity index (χ4v) is 1.92. The summed E-state index contributed by atoms with van der Waals surface area (Å²) in [6.45, 7) is 7.74. The van der Waals surface area contributed by atoms with E-state index in [4.69, 9.17) is 4.74 Å². The second-order valence-corrected chi connectivity index (χ2v) is 4.48. The van der Waals surface area contributed by atoms with Gasteiger partial charge in [0.05, 0.1) is 6.10 Å². The van der Waals surface area contributed by atoms with Crippen molar-refractivity contribution in [2.24, 2.45) is 0 Å². The van der Waals surface area contributed by atoms with Gasteiger partial charge in [0.25, 0.3) is 0 Å². The molecule has 0 aromatic carbocycles. The topological polar surface area (TPSA) is 24.5 Å². The van der Waals surface area contributed by atoms with Gasteiger partial charge in [-0.05, 0) is 39.3 Å². The number of rotatable bonds is 8. The van der Waals surface area contributed by atoms with Gasteiger partial charge in [-0.25, -0.2) is 0 Å². The smallest absolute Gasteiger partial charge is 0.0588 e. The van der Waals surface area contributed by atoms with Gasteiger partial charge in [-0.15, -0.1) is 0 Å². The summed E-state index contributed by atoms with van der Waals surface area (Å²) in [5.41, 5.74) is 0. The summed E-state index contributed by atoms with van der Waals surface area (Å²) in [6, 6.07) is 0. The van der Waals surface area contributed by atoms with Gasteiger partial charge in [-0.1, -0.05) is 6.92 Å². The second-order valence-electron chi connectivity index (χ2n) is 4.48. The van der Waals surface area contributed by atoms with Crippen LogP contribution in [0.25, 0.3) is 0 Å². The Morgan fingerprint density at radius 3 is 2.87 bits per heavy atom. The normalized spacial score (nSPS) is 21.4. The molecule has 0 spiro atoms. The molecule has 3 nitrogen and oxygen atoms in total. The van der Waals surface area contributed by atoms with Gasteiger partial charge < -0.3 is 15.0 Å². The van der Waals surface area contributed by atoms with Crippen molar-refractivity contribution in [1.82, 2.24) is 10.2 Å². The minimum absolute atomic E-state index is 0.538. The van der Waals surface area contributed by atoms with Crippen LogP contribution >= 0.6 is 0 Å². The molecule has 1 rings (SSSR count). The third kappa shape index (κ3) is 6.13. The zero-order valence-corrected chi connectivity index (χ0v) is 10.3. The SMILES string of the molecule is CCCNCCN(C)CCC1CCCO1. The molecule has 1 unspecified atom stereocenters. The predicted molar refractivity (Wildman–Crippen MR) is 64.2 cm³/mol. The summed E-state index contributed by atoms with van der Waals surface area (Å²) in [6.07, 6.45) is 5.48. The van der Waals surface area contributed by atoms with E-state index in [1.54, 1.807) is 0 Å². The lowest BCUT2D eigenvalue weighted by molar-refractivity contribution is 0.0952. The van der Waals surface area contributed by atoms with Crippen molar-refractivity contribution in [1.29, 1.82) is 0 Å². The minimum atomic E-state index is 0.538. The van der Waals surface area contributed by atoms with Gasteiger partial charge in [-0.3, -0.25) is 0 Å². The van der Waals surface area contributed by atoms with Gasteiger partial charge in [-0.2, -0.15) is 0 Å². The average molecular weight is 214 g/mol. The fraction of sp³-hybridized carbons (Fsp3) is 1.00. The van der Waals surface area contributed by atoms with E-state index in [0.717, 1.165) is 26.2 Å². The molecule has 1 N–H and O–H groups in total. The van der Waals surface area contributed by atoms with Crippen LogP contribution in [0, 0.1) is 0 Å². The van der Waals surface area contributed by atoms with Crippen LogP contribution < -0.4 is 5.32 Å². The number of hydrogen-bond donors (Lipinski definition) is 1. The van der Waals surface area contributed by atoms with Crippen molar-refractivity contribution in [2.45, 2.75) is 38.7 Å². The Morgan fingerprint density at radius 2 is 2.20 bits per heavy atom. The molecule has 0 aliphatic carbocycles. The van der Waals surface area contributed by atoms with E-state index < -0.39 is 0 Å². The van der Waals surface area contributed by atoms with E-state index in [2.05, 4.69) is 24.2 Å². The van der Waals surface area contributed by atoms with Crippen LogP contribution in [0.4, 0.5) is 0 Å². The molecule has 90 valence electrons. The lowest BCUT2D eigenvalue weighted by Gasteiger charge is -2.18. The van der Waals surface area contributed by atoms with E-state index >= 15 is 0 Å². The van der Waals surface area contributed by atoms with Gasteiger partial charge in [0.2, 0.25) is 0 Å². The largest absolute Gasteiger partial charge is 0.378 e. The maximum Gasteiger partial charge on any atom is 0.0588 e. The van der Waals surface area contributed by atoms with Crippen molar-refractivity contribution in [3.63, 3.8) is 0 Å². The summed E-state index contributed by atoms with van der Waals surface area (Å²) in [5.74, 6) is 0. The molecule has 0 amide bonds. The van der Waals surface area contributed by atoms with E-state index in [1.165, 1.54) is 32.2 Å². The van der Waals surface area contributed by atoms with Crippen LogP contribution in [-0.4, -0.2) is 50.8 Å². The molecule has 0 aromatic rings. The number of nitrogens with one attached hydrogen (secondary N) is 1. The first-order chi connectivity index (χ1) is 7.33. The molecule has 1 fully saturated rings. The van der Waals surface area contributed by atoms with Crippen LogP contribution in [0.2, 0.25) is 0 Å². The minimum Gasteiger partial charge on any atom is -0.378 e. The van der Waals surface area contributed by atoms with Gasteiger partial charge in [0.1, 0.15) is 0 Å². The Bertz CT molecular complexity index is 147. The molecule has 0 radical (unpaired) electrons. The van der Waals surface area contributed by atoms with Crippen molar-refractivity contribution in [3.8, 4) is 0 Å². The Hall–Kier alpha value is -0.120. The Morgan fingerprint density at radius 1 is 1.33 bits per heavy atom. The standard InChI is InChI=1S/C12H26N2O/c1-3-7-13-8-10-14(2)9-6-12-5-4-11-15-12/h12-13H,3-11H2,1-2H3.